The number of likely N-dealkylation sites (N-methyl/N-ethyl adjacent to an activating group) is 1. The SMILES string of the molecule is COc1ccc(NC(=O)CN(C)CC(=O)NC2CCCCC2)cc1. The molecule has 0 heterocycles. The van der Waals surface area contributed by atoms with Crippen LogP contribution in [0.15, 0.2) is 24.3 Å². The number of amides is 2. The van der Waals surface area contributed by atoms with Gasteiger partial charge in [-0.05, 0) is 44.2 Å². The minimum atomic E-state index is -0.145. The van der Waals surface area contributed by atoms with Gasteiger partial charge < -0.3 is 15.4 Å². The summed E-state index contributed by atoms with van der Waals surface area (Å²) in [5.74, 6) is 0.583. The number of rotatable bonds is 7. The zero-order valence-corrected chi connectivity index (χ0v) is 14.5. The quantitative estimate of drug-likeness (QED) is 0.801. The van der Waals surface area contributed by atoms with Gasteiger partial charge in [-0.15, -0.1) is 0 Å². The first kappa shape index (κ1) is 18.3. The molecule has 1 aromatic carbocycles. The Morgan fingerprint density at radius 2 is 1.71 bits per heavy atom. The van der Waals surface area contributed by atoms with Crippen molar-refractivity contribution in [3.63, 3.8) is 0 Å². The maximum absolute atomic E-state index is 12.0. The van der Waals surface area contributed by atoms with Crippen molar-refractivity contribution >= 4 is 17.5 Å². The van der Waals surface area contributed by atoms with Crippen LogP contribution in [0.4, 0.5) is 5.69 Å². The Hall–Kier alpha value is -2.08. The van der Waals surface area contributed by atoms with E-state index in [0.29, 0.717) is 11.7 Å². The Labute approximate surface area is 143 Å². The fourth-order valence-electron chi connectivity index (χ4n) is 2.94. The lowest BCUT2D eigenvalue weighted by molar-refractivity contribution is -0.123. The summed E-state index contributed by atoms with van der Waals surface area (Å²) in [7, 11) is 3.37. The van der Waals surface area contributed by atoms with Crippen LogP contribution >= 0.6 is 0 Å². The molecule has 1 aliphatic rings. The van der Waals surface area contributed by atoms with Gasteiger partial charge in [0.05, 0.1) is 20.2 Å². The molecule has 2 N–H and O–H groups in total. The highest BCUT2D eigenvalue weighted by molar-refractivity contribution is 5.92. The van der Waals surface area contributed by atoms with Crippen LogP contribution in [0.5, 0.6) is 5.75 Å². The third kappa shape index (κ3) is 6.20. The number of nitrogens with one attached hydrogen (secondary N) is 2. The molecular formula is C18H27N3O3. The topological polar surface area (TPSA) is 70.7 Å². The van der Waals surface area contributed by atoms with Gasteiger partial charge in [0, 0.05) is 11.7 Å². The summed E-state index contributed by atoms with van der Waals surface area (Å²) in [5, 5.41) is 5.87. The van der Waals surface area contributed by atoms with Crippen molar-refractivity contribution in [2.45, 2.75) is 38.1 Å². The molecular weight excluding hydrogens is 306 g/mol. The second-order valence-electron chi connectivity index (χ2n) is 6.35. The van der Waals surface area contributed by atoms with Crippen molar-refractivity contribution in [1.82, 2.24) is 10.2 Å². The summed E-state index contributed by atoms with van der Waals surface area (Å²) in [4.78, 5) is 25.8. The van der Waals surface area contributed by atoms with Crippen LogP contribution in [-0.2, 0) is 9.59 Å². The van der Waals surface area contributed by atoms with Crippen LogP contribution in [0.2, 0.25) is 0 Å². The van der Waals surface area contributed by atoms with E-state index >= 15 is 0 Å². The van der Waals surface area contributed by atoms with Crippen molar-refractivity contribution in [2.75, 3.05) is 32.6 Å². The van der Waals surface area contributed by atoms with Gasteiger partial charge in [-0.3, -0.25) is 14.5 Å². The molecule has 0 radical (unpaired) electrons. The first-order chi connectivity index (χ1) is 11.6. The molecule has 0 saturated heterocycles. The van der Waals surface area contributed by atoms with Crippen LogP contribution in [-0.4, -0.2) is 50.0 Å². The molecule has 0 aliphatic heterocycles. The maximum Gasteiger partial charge on any atom is 0.238 e. The van der Waals surface area contributed by atoms with E-state index in [1.807, 2.05) is 0 Å². The number of nitrogens with zero attached hydrogens (tertiary/aromatic N) is 1. The highest BCUT2D eigenvalue weighted by atomic mass is 16.5. The maximum atomic E-state index is 12.0. The van der Waals surface area contributed by atoms with Gasteiger partial charge in [0.25, 0.3) is 0 Å². The summed E-state index contributed by atoms with van der Waals surface area (Å²) in [6, 6.07) is 7.44. The van der Waals surface area contributed by atoms with E-state index in [0.717, 1.165) is 18.6 Å². The van der Waals surface area contributed by atoms with E-state index in [9.17, 15) is 9.59 Å². The summed E-state index contributed by atoms with van der Waals surface area (Å²) < 4.78 is 5.08. The molecule has 2 rings (SSSR count). The third-order valence-electron chi connectivity index (χ3n) is 4.17. The number of anilines is 1. The van der Waals surface area contributed by atoms with Crippen molar-refractivity contribution in [2.24, 2.45) is 0 Å². The predicted molar refractivity (Wildman–Crippen MR) is 94.1 cm³/mol. The third-order valence-corrected chi connectivity index (χ3v) is 4.17. The van der Waals surface area contributed by atoms with Crippen molar-refractivity contribution in [3.05, 3.63) is 24.3 Å². The molecule has 6 heteroatoms. The normalized spacial score (nSPS) is 15.1. The second-order valence-corrected chi connectivity index (χ2v) is 6.35. The molecule has 2 amide bonds. The lowest BCUT2D eigenvalue weighted by Gasteiger charge is -2.24. The summed E-state index contributed by atoms with van der Waals surface area (Å²) in [6.07, 6.45) is 5.76. The number of ether oxygens (including phenoxy) is 1. The predicted octanol–water partition coefficient (Wildman–Crippen LogP) is 2.01. The Bertz CT molecular complexity index is 539. The highest BCUT2D eigenvalue weighted by Gasteiger charge is 2.17. The lowest BCUT2D eigenvalue weighted by atomic mass is 9.95. The highest BCUT2D eigenvalue weighted by Crippen LogP contribution is 2.17. The molecule has 0 atom stereocenters. The molecule has 6 nitrogen and oxygen atoms in total. The number of carbonyl (C=O) groups is 2. The van der Waals surface area contributed by atoms with E-state index in [1.54, 1.807) is 43.3 Å². The Kier molecular flexibility index (Phi) is 7.06. The van der Waals surface area contributed by atoms with E-state index in [1.165, 1.54) is 19.3 Å². The van der Waals surface area contributed by atoms with Crippen LogP contribution in [0.3, 0.4) is 0 Å². The first-order valence-corrected chi connectivity index (χ1v) is 8.48. The van der Waals surface area contributed by atoms with Gasteiger partial charge in [0.2, 0.25) is 11.8 Å². The van der Waals surface area contributed by atoms with Gasteiger partial charge in [0.1, 0.15) is 5.75 Å². The van der Waals surface area contributed by atoms with Gasteiger partial charge in [-0.1, -0.05) is 19.3 Å². The van der Waals surface area contributed by atoms with Crippen LogP contribution in [0.25, 0.3) is 0 Å². The van der Waals surface area contributed by atoms with Crippen LogP contribution in [0.1, 0.15) is 32.1 Å². The lowest BCUT2D eigenvalue weighted by Crippen LogP contribution is -2.43. The minimum absolute atomic E-state index is 0.0124. The number of hydrogen-bond acceptors (Lipinski definition) is 4. The monoisotopic (exact) mass is 333 g/mol. The van der Waals surface area contributed by atoms with Crippen molar-refractivity contribution in [3.8, 4) is 5.75 Å². The smallest absolute Gasteiger partial charge is 0.238 e. The molecule has 132 valence electrons. The van der Waals surface area contributed by atoms with E-state index in [4.69, 9.17) is 4.74 Å². The molecule has 0 spiro atoms. The minimum Gasteiger partial charge on any atom is -0.497 e. The fourth-order valence-corrected chi connectivity index (χ4v) is 2.94. The van der Waals surface area contributed by atoms with E-state index in [2.05, 4.69) is 10.6 Å². The second kappa shape index (κ2) is 9.27. The molecule has 24 heavy (non-hydrogen) atoms. The van der Waals surface area contributed by atoms with Crippen molar-refractivity contribution < 1.29 is 14.3 Å². The molecule has 0 bridgehead atoms. The first-order valence-electron chi connectivity index (χ1n) is 8.48. The molecule has 0 aromatic heterocycles. The van der Waals surface area contributed by atoms with Crippen LogP contribution < -0.4 is 15.4 Å². The molecule has 1 saturated carbocycles. The van der Waals surface area contributed by atoms with Gasteiger partial charge in [-0.2, -0.15) is 0 Å². The number of hydrogen-bond donors (Lipinski definition) is 2. The van der Waals surface area contributed by atoms with Gasteiger partial charge >= 0.3 is 0 Å². The Balaban J connectivity index is 1.70. The zero-order chi connectivity index (χ0) is 17.4. The molecule has 1 aromatic rings. The Morgan fingerprint density at radius 3 is 2.33 bits per heavy atom. The van der Waals surface area contributed by atoms with E-state index < -0.39 is 0 Å². The zero-order valence-electron chi connectivity index (χ0n) is 14.5. The average Bonchev–Trinajstić information content (AvgIpc) is 2.56. The number of carbonyl (C=O) groups excluding carboxylic acids is 2. The standard InChI is InChI=1S/C18H27N3O3/c1-21(12-17(22)19-14-6-4-3-5-7-14)13-18(23)20-15-8-10-16(24-2)11-9-15/h8-11,14H,3-7,12-13H2,1-2H3,(H,19,22)(H,20,23). The van der Waals surface area contributed by atoms with E-state index in [-0.39, 0.29) is 24.9 Å². The Morgan fingerprint density at radius 1 is 1.08 bits per heavy atom. The number of methoxy groups -OCH3 is 1. The molecule has 1 fully saturated rings. The molecule has 0 unspecified atom stereocenters. The van der Waals surface area contributed by atoms with Gasteiger partial charge in [-0.25, -0.2) is 0 Å². The fraction of sp³-hybridized carbons (Fsp3) is 0.556. The van der Waals surface area contributed by atoms with Crippen molar-refractivity contribution in [1.29, 1.82) is 0 Å². The van der Waals surface area contributed by atoms with Crippen LogP contribution in [0, 0.1) is 0 Å². The largest absolute Gasteiger partial charge is 0.497 e. The number of benzene rings is 1. The molecule has 1 aliphatic carbocycles. The summed E-state index contributed by atoms with van der Waals surface area (Å²) >= 11 is 0. The van der Waals surface area contributed by atoms with Gasteiger partial charge in [0.15, 0.2) is 0 Å². The summed E-state index contributed by atoms with van der Waals surface area (Å²) in [5.41, 5.74) is 0.709. The summed E-state index contributed by atoms with van der Waals surface area (Å²) in [6.45, 7) is 0.399. The average molecular weight is 333 g/mol.